The van der Waals surface area contributed by atoms with Crippen molar-refractivity contribution in [1.29, 1.82) is 0 Å². The Morgan fingerprint density at radius 2 is 2.00 bits per heavy atom. The molecule has 4 heteroatoms. The first-order chi connectivity index (χ1) is 10.3. The smallest absolute Gasteiger partial charge is 0.258 e. The molecule has 0 aliphatic rings. The van der Waals surface area contributed by atoms with E-state index >= 15 is 0 Å². The minimum atomic E-state index is -0.142. The number of aliphatic hydroxyl groups is 1. The number of aromatic nitrogens is 1. The molecule has 0 aliphatic heterocycles. The maximum Gasteiger partial charge on any atom is 0.258 e. The topological polar surface area (TPSA) is 42.2 Å². The standard InChI is InChI=1S/C17H13NO2S/c19-11-3-5-14-7-8-15(21-14)12-18-10-9-13-4-1-2-6-16(13)17(18)20/h1-2,4,6-10,19H,11-12H2. The maximum absolute atomic E-state index is 12.4. The van der Waals surface area contributed by atoms with Crippen LogP contribution in [0.25, 0.3) is 10.8 Å². The van der Waals surface area contributed by atoms with Crippen molar-refractivity contribution in [3.63, 3.8) is 0 Å². The quantitative estimate of drug-likeness (QED) is 0.738. The molecule has 0 atom stereocenters. The number of hydrogen-bond donors (Lipinski definition) is 1. The lowest BCUT2D eigenvalue weighted by atomic mass is 10.2. The summed E-state index contributed by atoms with van der Waals surface area (Å²) in [6.45, 7) is 0.395. The molecule has 0 radical (unpaired) electrons. The van der Waals surface area contributed by atoms with Crippen molar-refractivity contribution < 1.29 is 5.11 Å². The summed E-state index contributed by atoms with van der Waals surface area (Å²) in [7, 11) is 0. The van der Waals surface area contributed by atoms with E-state index in [1.54, 1.807) is 4.57 Å². The van der Waals surface area contributed by atoms with Crippen LogP contribution < -0.4 is 5.56 Å². The molecular formula is C17H13NO2S. The number of nitrogens with zero attached hydrogens (tertiary/aromatic N) is 1. The highest BCUT2D eigenvalue weighted by Crippen LogP contribution is 2.17. The SMILES string of the molecule is O=c1c2ccccc2ccn1Cc1ccc(C#CCO)s1. The van der Waals surface area contributed by atoms with Gasteiger partial charge in [-0.15, -0.1) is 11.3 Å². The van der Waals surface area contributed by atoms with Gasteiger partial charge >= 0.3 is 0 Å². The number of pyridine rings is 1. The predicted molar refractivity (Wildman–Crippen MR) is 85.6 cm³/mol. The molecule has 1 aromatic carbocycles. The van der Waals surface area contributed by atoms with Gasteiger partial charge in [0.1, 0.15) is 6.61 Å². The van der Waals surface area contributed by atoms with Gasteiger partial charge < -0.3 is 9.67 Å². The molecule has 0 amide bonds. The van der Waals surface area contributed by atoms with E-state index in [1.807, 2.05) is 48.7 Å². The Balaban J connectivity index is 1.93. The Morgan fingerprint density at radius 1 is 1.14 bits per heavy atom. The lowest BCUT2D eigenvalue weighted by molar-refractivity contribution is 0.350. The van der Waals surface area contributed by atoms with Crippen LogP contribution in [-0.2, 0) is 6.54 Å². The number of rotatable bonds is 2. The monoisotopic (exact) mass is 295 g/mol. The second kappa shape index (κ2) is 5.96. The van der Waals surface area contributed by atoms with Crippen molar-refractivity contribution in [2.24, 2.45) is 0 Å². The number of fused-ring (bicyclic) bond motifs is 1. The molecule has 104 valence electrons. The largest absolute Gasteiger partial charge is 0.384 e. The van der Waals surface area contributed by atoms with E-state index in [0.717, 1.165) is 20.5 Å². The zero-order chi connectivity index (χ0) is 14.7. The average molecular weight is 295 g/mol. The summed E-state index contributed by atoms with van der Waals surface area (Å²) in [5.41, 5.74) is 0.0180. The Bertz CT molecular complexity index is 896. The maximum atomic E-state index is 12.4. The van der Waals surface area contributed by atoms with Crippen LogP contribution in [0, 0.1) is 11.8 Å². The fourth-order valence-corrected chi connectivity index (χ4v) is 3.06. The van der Waals surface area contributed by atoms with Gasteiger partial charge in [0.2, 0.25) is 0 Å². The molecular weight excluding hydrogens is 282 g/mol. The Labute approximate surface area is 126 Å². The van der Waals surface area contributed by atoms with Crippen molar-refractivity contribution in [2.75, 3.05) is 6.61 Å². The number of benzene rings is 1. The van der Waals surface area contributed by atoms with E-state index in [2.05, 4.69) is 11.8 Å². The van der Waals surface area contributed by atoms with Gasteiger partial charge in [-0.2, -0.15) is 0 Å². The van der Waals surface area contributed by atoms with Crippen molar-refractivity contribution in [3.8, 4) is 11.8 Å². The summed E-state index contributed by atoms with van der Waals surface area (Å²) >= 11 is 1.54. The Kier molecular flexibility index (Phi) is 3.87. The summed E-state index contributed by atoms with van der Waals surface area (Å²) in [5.74, 6) is 5.50. The summed E-state index contributed by atoms with van der Waals surface area (Å²) < 4.78 is 1.71. The van der Waals surface area contributed by atoms with Crippen LogP contribution in [0.3, 0.4) is 0 Å². The molecule has 0 fully saturated rings. The molecule has 0 saturated carbocycles. The van der Waals surface area contributed by atoms with Crippen LogP contribution in [0.1, 0.15) is 9.75 Å². The molecule has 21 heavy (non-hydrogen) atoms. The molecule has 0 saturated heterocycles. The minimum Gasteiger partial charge on any atom is -0.384 e. The zero-order valence-electron chi connectivity index (χ0n) is 11.2. The lowest BCUT2D eigenvalue weighted by Crippen LogP contribution is -2.19. The number of thiophene rings is 1. The minimum absolute atomic E-state index is 0.0180. The van der Waals surface area contributed by atoms with E-state index in [4.69, 9.17) is 5.11 Å². The second-order valence-corrected chi connectivity index (χ2v) is 5.73. The van der Waals surface area contributed by atoms with E-state index in [1.165, 1.54) is 11.3 Å². The molecule has 1 N–H and O–H groups in total. The van der Waals surface area contributed by atoms with Gasteiger partial charge in [0.25, 0.3) is 5.56 Å². The molecule has 0 unspecified atom stereocenters. The van der Waals surface area contributed by atoms with Gasteiger partial charge in [0.05, 0.1) is 11.4 Å². The molecule has 3 nitrogen and oxygen atoms in total. The Hall–Kier alpha value is -2.35. The predicted octanol–water partition coefficient (Wildman–Crippen LogP) is 2.46. The van der Waals surface area contributed by atoms with E-state index in [0.29, 0.717) is 6.54 Å². The highest BCUT2D eigenvalue weighted by molar-refractivity contribution is 7.12. The first kappa shape index (κ1) is 13.6. The van der Waals surface area contributed by atoms with Gasteiger partial charge in [-0.1, -0.05) is 30.0 Å². The summed E-state index contributed by atoms with van der Waals surface area (Å²) in [6, 6.07) is 13.4. The van der Waals surface area contributed by atoms with Crippen LogP contribution >= 0.6 is 11.3 Å². The zero-order valence-corrected chi connectivity index (χ0v) is 12.1. The number of aliphatic hydroxyl groups excluding tert-OH is 1. The van der Waals surface area contributed by atoms with Crippen molar-refractivity contribution in [1.82, 2.24) is 4.57 Å². The second-order valence-electron chi connectivity index (χ2n) is 4.56. The van der Waals surface area contributed by atoms with Crippen LogP contribution in [-0.4, -0.2) is 16.3 Å². The molecule has 0 bridgehead atoms. The highest BCUT2D eigenvalue weighted by atomic mass is 32.1. The Morgan fingerprint density at radius 3 is 2.86 bits per heavy atom. The highest BCUT2D eigenvalue weighted by Gasteiger charge is 2.04. The van der Waals surface area contributed by atoms with E-state index in [-0.39, 0.29) is 12.2 Å². The lowest BCUT2D eigenvalue weighted by Gasteiger charge is -2.05. The average Bonchev–Trinajstić information content (AvgIpc) is 2.96. The third-order valence-electron chi connectivity index (χ3n) is 3.16. The molecule has 2 aromatic heterocycles. The summed E-state index contributed by atoms with van der Waals surface area (Å²) in [5, 5.41) is 10.4. The summed E-state index contributed by atoms with van der Waals surface area (Å²) in [4.78, 5) is 14.4. The van der Waals surface area contributed by atoms with Gasteiger partial charge in [-0.05, 0) is 29.7 Å². The van der Waals surface area contributed by atoms with Crippen LogP contribution in [0.2, 0.25) is 0 Å². The molecule has 0 aliphatic carbocycles. The van der Waals surface area contributed by atoms with Crippen LogP contribution in [0.5, 0.6) is 0 Å². The molecule has 2 heterocycles. The first-order valence-electron chi connectivity index (χ1n) is 6.54. The van der Waals surface area contributed by atoms with E-state index < -0.39 is 0 Å². The van der Waals surface area contributed by atoms with Crippen molar-refractivity contribution >= 4 is 22.1 Å². The normalized spacial score (nSPS) is 10.3. The van der Waals surface area contributed by atoms with Crippen LogP contribution in [0.4, 0.5) is 0 Å². The third kappa shape index (κ3) is 2.89. The first-order valence-corrected chi connectivity index (χ1v) is 7.36. The molecule has 0 spiro atoms. The third-order valence-corrected chi connectivity index (χ3v) is 4.15. The van der Waals surface area contributed by atoms with Gasteiger partial charge in [0, 0.05) is 16.5 Å². The summed E-state index contributed by atoms with van der Waals surface area (Å²) in [6.07, 6.45) is 1.82. The molecule has 3 rings (SSSR count). The number of hydrogen-bond acceptors (Lipinski definition) is 3. The van der Waals surface area contributed by atoms with Crippen LogP contribution in [0.15, 0.2) is 53.5 Å². The fourth-order valence-electron chi connectivity index (χ4n) is 2.18. The van der Waals surface area contributed by atoms with Crippen molar-refractivity contribution in [3.05, 3.63) is 68.8 Å². The van der Waals surface area contributed by atoms with E-state index in [9.17, 15) is 4.79 Å². The van der Waals surface area contributed by atoms with Gasteiger partial charge in [0.15, 0.2) is 0 Å². The molecule has 3 aromatic rings. The van der Waals surface area contributed by atoms with Gasteiger partial charge in [-0.25, -0.2) is 0 Å². The van der Waals surface area contributed by atoms with Gasteiger partial charge in [-0.3, -0.25) is 4.79 Å². The fraction of sp³-hybridized carbons (Fsp3) is 0.118. The van der Waals surface area contributed by atoms with Crippen molar-refractivity contribution in [2.45, 2.75) is 6.54 Å².